The molecule has 0 aliphatic rings. The Labute approximate surface area is 166 Å². The van der Waals surface area contributed by atoms with Gasteiger partial charge in [0.25, 0.3) is 0 Å². The third kappa shape index (κ3) is 4.10. The summed E-state index contributed by atoms with van der Waals surface area (Å²) in [5.74, 6) is -2.67. The topological polar surface area (TPSA) is 52.1 Å². The summed E-state index contributed by atoms with van der Waals surface area (Å²) in [6.45, 7) is 0. The molecule has 2 aromatic carbocycles. The highest BCUT2D eigenvalue weighted by atomic mass is 35.5. The lowest BCUT2D eigenvalue weighted by molar-refractivity contribution is -0.144. The second-order valence-corrected chi connectivity index (χ2v) is 6.06. The third-order valence-corrected chi connectivity index (χ3v) is 4.17. The molecule has 0 fully saturated rings. The minimum atomic E-state index is -4.82. The van der Waals surface area contributed by atoms with Crippen LogP contribution in [-0.2, 0) is 10.4 Å². The van der Waals surface area contributed by atoms with Crippen molar-refractivity contribution in [3.05, 3.63) is 70.9 Å². The van der Waals surface area contributed by atoms with Crippen molar-refractivity contribution >= 4 is 30.5 Å². The number of halogens is 5. The first-order valence-corrected chi connectivity index (χ1v) is 8.32. The predicted molar refractivity (Wildman–Crippen MR) is 97.3 cm³/mol. The van der Waals surface area contributed by atoms with Crippen LogP contribution in [0.1, 0.15) is 16.2 Å². The van der Waals surface area contributed by atoms with Crippen LogP contribution in [0.15, 0.2) is 48.5 Å². The van der Waals surface area contributed by atoms with E-state index in [9.17, 15) is 22.4 Å². The summed E-state index contributed by atoms with van der Waals surface area (Å²) in [6.07, 6.45) is -4.82. The average Bonchev–Trinajstić information content (AvgIpc) is 2.67. The summed E-state index contributed by atoms with van der Waals surface area (Å²) in [5, 5.41) is -0.442. The van der Waals surface area contributed by atoms with Crippen LogP contribution in [0.3, 0.4) is 0 Å². The first-order valence-electron chi connectivity index (χ1n) is 7.57. The molecule has 0 amide bonds. The van der Waals surface area contributed by atoms with Crippen molar-refractivity contribution in [1.29, 1.82) is 0 Å². The highest BCUT2D eigenvalue weighted by Crippen LogP contribution is 2.38. The average molecular weight is 429 g/mol. The maximum Gasteiger partial charge on any atom is 0.451 e. The van der Waals surface area contributed by atoms with Crippen LogP contribution in [0.25, 0.3) is 22.4 Å². The van der Waals surface area contributed by atoms with E-state index < -0.39 is 28.9 Å². The monoisotopic (exact) mass is 428 g/mol. The summed E-state index contributed by atoms with van der Waals surface area (Å²) in [6, 6.07) is 10.4. The van der Waals surface area contributed by atoms with Gasteiger partial charge in [-0.25, -0.2) is 19.2 Å². The lowest BCUT2D eigenvalue weighted by Gasteiger charge is -2.14. The molecule has 4 nitrogen and oxygen atoms in total. The minimum Gasteiger partial charge on any atom is -0.391 e. The first-order chi connectivity index (χ1) is 13.2. The molecule has 28 heavy (non-hydrogen) atoms. The zero-order valence-electron chi connectivity index (χ0n) is 13.7. The number of carbonyl (C=O) groups is 1. The fraction of sp³-hybridized carbons (Fsp3) is 0.0556. The van der Waals surface area contributed by atoms with Gasteiger partial charge in [-0.15, -0.1) is 0 Å². The van der Waals surface area contributed by atoms with E-state index in [1.165, 1.54) is 36.4 Å². The van der Waals surface area contributed by atoms with Crippen molar-refractivity contribution in [2.45, 2.75) is 6.18 Å². The van der Waals surface area contributed by atoms with Gasteiger partial charge in [0.15, 0.2) is 0 Å². The number of nitrogens with zero attached hydrogens (tertiary/aromatic N) is 2. The standard InChI is InChI=1S/C18H9ClF4N2O2S/c19-15-13(9-5-7-12(20)8-6-9)14(24-17(25-15)18(21,22)23)10-1-3-11(4-2-10)16(26)27-28/h1-8,28H. The molecule has 144 valence electrons. The van der Waals surface area contributed by atoms with Gasteiger partial charge in [0.1, 0.15) is 11.0 Å². The van der Waals surface area contributed by atoms with Crippen molar-refractivity contribution in [3.63, 3.8) is 0 Å². The van der Waals surface area contributed by atoms with Crippen LogP contribution in [0.4, 0.5) is 17.6 Å². The summed E-state index contributed by atoms with van der Waals surface area (Å²) in [4.78, 5) is 18.5. The van der Waals surface area contributed by atoms with Crippen LogP contribution in [0.5, 0.6) is 0 Å². The number of thiol groups is 1. The molecule has 0 saturated heterocycles. The summed E-state index contributed by atoms with van der Waals surface area (Å²) in [7, 11) is 0. The lowest BCUT2D eigenvalue weighted by atomic mass is 9.99. The highest BCUT2D eigenvalue weighted by Gasteiger charge is 2.36. The molecule has 1 aromatic heterocycles. The van der Waals surface area contributed by atoms with Crippen molar-refractivity contribution in [1.82, 2.24) is 9.97 Å². The normalized spacial score (nSPS) is 11.4. The predicted octanol–water partition coefficient (Wildman–Crippen LogP) is 5.62. The molecule has 0 saturated carbocycles. The van der Waals surface area contributed by atoms with E-state index in [1.54, 1.807) is 0 Å². The third-order valence-electron chi connectivity index (χ3n) is 3.73. The molecule has 0 atom stereocenters. The van der Waals surface area contributed by atoms with Gasteiger partial charge in [-0.2, -0.15) is 13.2 Å². The zero-order valence-corrected chi connectivity index (χ0v) is 15.3. The highest BCUT2D eigenvalue weighted by molar-refractivity contribution is 7.75. The van der Waals surface area contributed by atoms with Crippen LogP contribution in [0, 0.1) is 5.82 Å². The van der Waals surface area contributed by atoms with Gasteiger partial charge < -0.3 is 4.18 Å². The van der Waals surface area contributed by atoms with Gasteiger partial charge >= 0.3 is 12.1 Å². The van der Waals surface area contributed by atoms with Crippen LogP contribution in [0.2, 0.25) is 5.15 Å². The minimum absolute atomic E-state index is 0.0965. The van der Waals surface area contributed by atoms with E-state index in [4.69, 9.17) is 11.6 Å². The number of benzene rings is 2. The maximum absolute atomic E-state index is 13.2. The van der Waals surface area contributed by atoms with Crippen molar-refractivity contribution in [3.8, 4) is 22.4 Å². The van der Waals surface area contributed by atoms with Crippen molar-refractivity contribution in [2.24, 2.45) is 0 Å². The number of hydrogen-bond acceptors (Lipinski definition) is 5. The largest absolute Gasteiger partial charge is 0.451 e. The van der Waals surface area contributed by atoms with E-state index >= 15 is 0 Å². The SMILES string of the molecule is O=C(OS)c1ccc(-c2nc(C(F)(F)F)nc(Cl)c2-c2ccc(F)cc2)cc1. The Kier molecular flexibility index (Phi) is 5.57. The van der Waals surface area contributed by atoms with Crippen molar-refractivity contribution < 1.29 is 26.5 Å². The first kappa shape index (κ1) is 20.1. The van der Waals surface area contributed by atoms with E-state index in [2.05, 4.69) is 27.1 Å². The molecule has 0 unspecified atom stereocenters. The summed E-state index contributed by atoms with van der Waals surface area (Å²) < 4.78 is 57.0. The Bertz CT molecular complexity index is 1030. The summed E-state index contributed by atoms with van der Waals surface area (Å²) >= 11 is 9.45. The Morgan fingerprint density at radius 3 is 2.07 bits per heavy atom. The number of aromatic nitrogens is 2. The lowest BCUT2D eigenvalue weighted by Crippen LogP contribution is -2.13. The molecule has 1 heterocycles. The summed E-state index contributed by atoms with van der Waals surface area (Å²) in [5.41, 5.74) is 0.681. The van der Waals surface area contributed by atoms with E-state index in [1.807, 2.05) is 0 Å². The molecular weight excluding hydrogens is 420 g/mol. The van der Waals surface area contributed by atoms with Crippen LogP contribution in [-0.4, -0.2) is 15.9 Å². The molecule has 0 spiro atoms. The number of hydrogen-bond donors (Lipinski definition) is 1. The number of alkyl halides is 3. The molecule has 0 aliphatic carbocycles. The second kappa shape index (κ2) is 7.76. The smallest absolute Gasteiger partial charge is 0.391 e. The maximum atomic E-state index is 13.2. The Balaban J connectivity index is 2.23. The molecule has 10 heteroatoms. The quantitative estimate of drug-likeness (QED) is 0.254. The van der Waals surface area contributed by atoms with Gasteiger partial charge in [0.05, 0.1) is 11.3 Å². The van der Waals surface area contributed by atoms with Crippen molar-refractivity contribution in [2.75, 3.05) is 0 Å². The number of carbonyl (C=O) groups excluding carboxylic acids is 1. The number of rotatable bonds is 3. The van der Waals surface area contributed by atoms with Gasteiger partial charge in [0, 0.05) is 24.0 Å². The molecule has 0 bridgehead atoms. The second-order valence-electron chi connectivity index (χ2n) is 5.52. The zero-order chi connectivity index (χ0) is 20.5. The fourth-order valence-electron chi connectivity index (χ4n) is 2.46. The van der Waals surface area contributed by atoms with Gasteiger partial charge in [-0.3, -0.25) is 0 Å². The molecule has 3 rings (SSSR count). The molecule has 0 radical (unpaired) electrons. The van der Waals surface area contributed by atoms with E-state index in [0.29, 0.717) is 5.56 Å². The van der Waals surface area contributed by atoms with Gasteiger partial charge in [-0.05, 0) is 29.8 Å². The molecule has 0 N–H and O–H groups in total. The molecule has 3 aromatic rings. The van der Waals surface area contributed by atoms with Gasteiger partial charge in [0.2, 0.25) is 5.82 Å². The molecular formula is C18H9ClF4N2O2S. The van der Waals surface area contributed by atoms with Crippen LogP contribution < -0.4 is 0 Å². The Hall–Kier alpha value is -2.65. The molecule has 0 aliphatic heterocycles. The van der Waals surface area contributed by atoms with Crippen LogP contribution >= 0.6 is 24.5 Å². The van der Waals surface area contributed by atoms with E-state index in [-0.39, 0.29) is 22.4 Å². The Morgan fingerprint density at radius 2 is 1.54 bits per heavy atom. The van der Waals surface area contributed by atoms with E-state index in [0.717, 1.165) is 12.1 Å². The fourth-order valence-corrected chi connectivity index (χ4v) is 2.84. The van der Waals surface area contributed by atoms with Gasteiger partial charge in [-0.1, -0.05) is 35.9 Å². The Morgan fingerprint density at radius 1 is 0.964 bits per heavy atom.